The van der Waals surface area contributed by atoms with Crippen LogP contribution in [-0.4, -0.2) is 17.7 Å². The molecule has 162 valence electrons. The van der Waals surface area contributed by atoms with Gasteiger partial charge in [0, 0.05) is 6.42 Å². The van der Waals surface area contributed by atoms with Gasteiger partial charge < -0.3 is 17.2 Å². The molecule has 0 aliphatic heterocycles. The van der Waals surface area contributed by atoms with Crippen LogP contribution in [0, 0.1) is 16.7 Å². The van der Waals surface area contributed by atoms with E-state index in [-0.39, 0.29) is 6.42 Å². The lowest BCUT2D eigenvalue weighted by Gasteiger charge is -2.42. The largest absolute Gasteiger partial charge is 0.416 e. The van der Waals surface area contributed by atoms with Gasteiger partial charge in [0.2, 0.25) is 17.7 Å². The number of nitrogens with two attached hydrogens (primary N) is 3. The van der Waals surface area contributed by atoms with E-state index in [1.165, 1.54) is 12.1 Å². The summed E-state index contributed by atoms with van der Waals surface area (Å²) in [6.45, 7) is 5.12. The van der Waals surface area contributed by atoms with Crippen LogP contribution in [0.25, 0.3) is 0 Å². The van der Waals surface area contributed by atoms with Gasteiger partial charge in [0.05, 0.1) is 16.9 Å². The van der Waals surface area contributed by atoms with Crippen LogP contribution < -0.4 is 17.2 Å². The average molecular weight is 415 g/mol. The highest BCUT2D eigenvalue weighted by Gasteiger charge is 2.52. The second-order valence-corrected chi connectivity index (χ2v) is 8.41. The normalized spacial score (nSPS) is 15.4. The van der Waals surface area contributed by atoms with Gasteiger partial charge in [-0.1, -0.05) is 32.9 Å². The molecule has 0 heterocycles. The smallest absolute Gasteiger partial charge is 0.370 e. The Morgan fingerprint density at radius 3 is 1.83 bits per heavy atom. The van der Waals surface area contributed by atoms with Crippen LogP contribution >= 0.6 is 0 Å². The highest BCUT2D eigenvalue weighted by atomic mass is 19.4. The minimum Gasteiger partial charge on any atom is -0.370 e. The second-order valence-electron chi connectivity index (χ2n) is 8.41. The first-order valence-corrected chi connectivity index (χ1v) is 9.15. The van der Waals surface area contributed by atoms with E-state index in [1.54, 1.807) is 20.8 Å². The molecular formula is C20H28F3N3O3. The molecule has 1 aromatic carbocycles. The maximum atomic E-state index is 12.7. The molecule has 0 aliphatic carbocycles. The molecule has 0 aromatic heterocycles. The summed E-state index contributed by atoms with van der Waals surface area (Å²) in [7, 11) is 0. The number of benzene rings is 1. The molecule has 0 fully saturated rings. The van der Waals surface area contributed by atoms with Gasteiger partial charge in [-0.05, 0) is 42.4 Å². The molecule has 3 amide bonds. The van der Waals surface area contributed by atoms with Crippen LogP contribution in [0.4, 0.5) is 13.2 Å². The van der Waals surface area contributed by atoms with Crippen LogP contribution in [0.15, 0.2) is 24.3 Å². The minimum absolute atomic E-state index is 0.0389. The fourth-order valence-electron chi connectivity index (χ4n) is 3.99. The summed E-state index contributed by atoms with van der Waals surface area (Å²) >= 11 is 0. The summed E-state index contributed by atoms with van der Waals surface area (Å²) in [6, 6.07) is 4.64. The Bertz CT molecular complexity index is 755. The maximum absolute atomic E-state index is 12.7. The van der Waals surface area contributed by atoms with E-state index in [0.29, 0.717) is 18.4 Å². The first-order chi connectivity index (χ1) is 13.1. The van der Waals surface area contributed by atoms with Crippen molar-refractivity contribution in [3.63, 3.8) is 0 Å². The van der Waals surface area contributed by atoms with Gasteiger partial charge >= 0.3 is 6.18 Å². The lowest BCUT2D eigenvalue weighted by molar-refractivity contribution is -0.148. The fraction of sp³-hybridized carbons (Fsp3) is 0.550. The van der Waals surface area contributed by atoms with Crippen molar-refractivity contribution < 1.29 is 27.6 Å². The Kier molecular flexibility index (Phi) is 7.45. The first-order valence-electron chi connectivity index (χ1n) is 9.15. The molecule has 0 saturated heterocycles. The van der Waals surface area contributed by atoms with Crippen LogP contribution in [0.3, 0.4) is 0 Å². The Labute approximate surface area is 168 Å². The molecule has 0 bridgehead atoms. The van der Waals surface area contributed by atoms with E-state index < -0.39 is 52.6 Å². The fourth-order valence-corrected chi connectivity index (χ4v) is 3.99. The van der Waals surface area contributed by atoms with Gasteiger partial charge in [0.1, 0.15) is 0 Å². The Hall–Kier alpha value is -2.58. The van der Waals surface area contributed by atoms with E-state index in [4.69, 9.17) is 17.2 Å². The van der Waals surface area contributed by atoms with Gasteiger partial charge in [-0.2, -0.15) is 13.2 Å². The van der Waals surface area contributed by atoms with Crippen molar-refractivity contribution in [3.05, 3.63) is 35.4 Å². The summed E-state index contributed by atoms with van der Waals surface area (Å²) in [6.07, 6.45) is -4.22. The van der Waals surface area contributed by atoms with Crippen molar-refractivity contribution in [2.45, 2.75) is 52.6 Å². The second kappa shape index (κ2) is 8.84. The Morgan fingerprint density at radius 1 is 0.966 bits per heavy atom. The number of halogens is 3. The molecule has 0 spiro atoms. The van der Waals surface area contributed by atoms with Gasteiger partial charge in [-0.3, -0.25) is 14.4 Å². The van der Waals surface area contributed by atoms with Crippen LogP contribution in [0.2, 0.25) is 0 Å². The number of amides is 3. The van der Waals surface area contributed by atoms with Gasteiger partial charge in [-0.25, -0.2) is 0 Å². The molecule has 6 N–H and O–H groups in total. The lowest BCUT2D eigenvalue weighted by atomic mass is 9.59. The zero-order valence-electron chi connectivity index (χ0n) is 16.8. The standard InChI is InChI=1S/C20H28F3N3O3/c1-18(2,3)15(16(25)28)19(17(26)29,11-14(24)27)10-4-5-12-6-8-13(9-7-12)20(21,22)23/h6-9,15H,4-5,10-11H2,1-3H3,(H2,24,27)(H2,25,28)(H2,26,29)/t15-,19+/m0/s1. The quantitative estimate of drug-likeness (QED) is 0.573. The summed E-state index contributed by atoms with van der Waals surface area (Å²) < 4.78 is 38.0. The average Bonchev–Trinajstić information content (AvgIpc) is 2.51. The number of carbonyl (C=O) groups excluding carboxylic acids is 3. The number of carbonyl (C=O) groups is 3. The molecule has 0 unspecified atom stereocenters. The molecule has 2 atom stereocenters. The molecular weight excluding hydrogens is 387 g/mol. The van der Waals surface area contributed by atoms with Gasteiger partial charge in [-0.15, -0.1) is 0 Å². The third-order valence-electron chi connectivity index (χ3n) is 5.05. The molecule has 9 heteroatoms. The van der Waals surface area contributed by atoms with Crippen molar-refractivity contribution >= 4 is 17.7 Å². The predicted molar refractivity (Wildman–Crippen MR) is 102 cm³/mol. The summed E-state index contributed by atoms with van der Waals surface area (Å²) in [5.74, 6) is -3.48. The Morgan fingerprint density at radius 2 is 1.48 bits per heavy atom. The van der Waals surface area contributed by atoms with Crippen molar-refractivity contribution in [2.75, 3.05) is 0 Å². The van der Waals surface area contributed by atoms with E-state index in [2.05, 4.69) is 0 Å². The maximum Gasteiger partial charge on any atom is 0.416 e. The van der Waals surface area contributed by atoms with Crippen molar-refractivity contribution in [1.82, 2.24) is 0 Å². The summed E-state index contributed by atoms with van der Waals surface area (Å²) in [4.78, 5) is 36.3. The van der Waals surface area contributed by atoms with E-state index in [9.17, 15) is 27.6 Å². The van der Waals surface area contributed by atoms with Crippen molar-refractivity contribution in [2.24, 2.45) is 33.9 Å². The SMILES string of the molecule is CC(C)(C)[C@H](C(N)=O)[C@@](CCCc1ccc(C(F)(F)F)cc1)(CC(N)=O)C(N)=O. The zero-order chi connectivity index (χ0) is 22.6. The highest BCUT2D eigenvalue weighted by Crippen LogP contribution is 2.46. The lowest BCUT2D eigenvalue weighted by Crippen LogP contribution is -2.54. The highest BCUT2D eigenvalue weighted by molar-refractivity contribution is 5.93. The number of rotatable bonds is 9. The summed E-state index contributed by atoms with van der Waals surface area (Å²) in [5.41, 5.74) is 14.0. The topological polar surface area (TPSA) is 129 Å². The number of primary amides is 3. The van der Waals surface area contributed by atoms with Crippen LogP contribution in [0.5, 0.6) is 0 Å². The van der Waals surface area contributed by atoms with Crippen LogP contribution in [-0.2, 0) is 27.0 Å². The monoisotopic (exact) mass is 415 g/mol. The first kappa shape index (κ1) is 24.5. The number of aryl methyl sites for hydroxylation is 1. The third-order valence-corrected chi connectivity index (χ3v) is 5.05. The molecule has 29 heavy (non-hydrogen) atoms. The number of alkyl halides is 3. The van der Waals surface area contributed by atoms with E-state index >= 15 is 0 Å². The Balaban J connectivity index is 3.14. The predicted octanol–water partition coefficient (Wildman–Crippen LogP) is 2.52. The molecule has 1 rings (SSSR count). The molecule has 0 radical (unpaired) electrons. The van der Waals surface area contributed by atoms with E-state index in [1.807, 2.05) is 0 Å². The van der Waals surface area contributed by atoms with Crippen molar-refractivity contribution in [1.29, 1.82) is 0 Å². The van der Waals surface area contributed by atoms with Crippen LogP contribution in [0.1, 0.15) is 51.2 Å². The zero-order valence-corrected chi connectivity index (χ0v) is 16.8. The summed E-state index contributed by atoms with van der Waals surface area (Å²) in [5, 5.41) is 0. The van der Waals surface area contributed by atoms with E-state index in [0.717, 1.165) is 12.1 Å². The minimum atomic E-state index is -4.43. The molecule has 1 aromatic rings. The third kappa shape index (κ3) is 6.20. The molecule has 0 saturated carbocycles. The molecule has 6 nitrogen and oxygen atoms in total. The van der Waals surface area contributed by atoms with Gasteiger partial charge in [0.25, 0.3) is 0 Å². The number of hydrogen-bond acceptors (Lipinski definition) is 3. The van der Waals surface area contributed by atoms with Crippen molar-refractivity contribution in [3.8, 4) is 0 Å². The number of hydrogen-bond donors (Lipinski definition) is 3. The molecule has 0 aliphatic rings. The van der Waals surface area contributed by atoms with Gasteiger partial charge in [0.15, 0.2) is 0 Å².